The van der Waals surface area contributed by atoms with E-state index in [-0.39, 0.29) is 0 Å². The van der Waals surface area contributed by atoms with Crippen molar-refractivity contribution >= 4 is 0 Å². The van der Waals surface area contributed by atoms with Gasteiger partial charge in [-0.1, -0.05) is 12.8 Å². The SMILES string of the molecule is CN(CC1CCOC1)CC1(O)CCCC1. The number of nitrogens with zero attached hydrogens (tertiary/aromatic N) is 1. The molecule has 15 heavy (non-hydrogen) atoms. The summed E-state index contributed by atoms with van der Waals surface area (Å²) >= 11 is 0. The molecule has 0 aromatic rings. The van der Waals surface area contributed by atoms with Crippen LogP contribution in [-0.2, 0) is 4.74 Å². The molecular formula is C12H23NO2. The van der Waals surface area contributed by atoms with Gasteiger partial charge in [-0.15, -0.1) is 0 Å². The molecule has 0 aromatic heterocycles. The van der Waals surface area contributed by atoms with Gasteiger partial charge in [-0.05, 0) is 32.2 Å². The molecule has 1 unspecified atom stereocenters. The highest BCUT2D eigenvalue weighted by molar-refractivity contribution is 4.87. The summed E-state index contributed by atoms with van der Waals surface area (Å²) in [5.41, 5.74) is -0.395. The van der Waals surface area contributed by atoms with Gasteiger partial charge in [-0.25, -0.2) is 0 Å². The molecule has 2 fully saturated rings. The Kier molecular flexibility index (Phi) is 3.65. The first-order chi connectivity index (χ1) is 7.18. The molecule has 88 valence electrons. The standard InChI is InChI=1S/C12H23NO2/c1-13(8-11-4-7-15-9-11)10-12(14)5-2-3-6-12/h11,14H,2-10H2,1H3. The maximum atomic E-state index is 10.3. The fourth-order valence-corrected chi connectivity index (χ4v) is 2.93. The molecule has 3 heteroatoms. The minimum atomic E-state index is -0.395. The van der Waals surface area contributed by atoms with E-state index in [0.29, 0.717) is 5.92 Å². The highest BCUT2D eigenvalue weighted by Crippen LogP contribution is 2.30. The van der Waals surface area contributed by atoms with Crippen LogP contribution in [0.2, 0.25) is 0 Å². The molecule has 1 saturated heterocycles. The van der Waals surface area contributed by atoms with Crippen LogP contribution in [-0.4, -0.2) is 49.0 Å². The van der Waals surface area contributed by atoms with E-state index in [1.165, 1.54) is 19.3 Å². The third kappa shape index (κ3) is 3.16. The predicted molar refractivity (Wildman–Crippen MR) is 59.8 cm³/mol. The third-order valence-electron chi connectivity index (χ3n) is 3.69. The maximum absolute atomic E-state index is 10.3. The van der Waals surface area contributed by atoms with Crippen LogP contribution in [0.1, 0.15) is 32.1 Å². The molecule has 3 nitrogen and oxygen atoms in total. The van der Waals surface area contributed by atoms with Crippen molar-refractivity contribution in [2.24, 2.45) is 5.92 Å². The summed E-state index contributed by atoms with van der Waals surface area (Å²) in [4.78, 5) is 2.28. The number of rotatable bonds is 4. The predicted octanol–water partition coefficient (Wildman–Crippen LogP) is 1.26. The number of hydrogen-bond donors (Lipinski definition) is 1. The van der Waals surface area contributed by atoms with Gasteiger partial charge in [0.1, 0.15) is 0 Å². The van der Waals surface area contributed by atoms with Crippen molar-refractivity contribution in [3.8, 4) is 0 Å². The summed E-state index contributed by atoms with van der Waals surface area (Å²) in [5.74, 6) is 0.681. The van der Waals surface area contributed by atoms with E-state index in [9.17, 15) is 5.11 Å². The fraction of sp³-hybridized carbons (Fsp3) is 1.00. The Balaban J connectivity index is 1.73. The smallest absolute Gasteiger partial charge is 0.0774 e. The van der Waals surface area contributed by atoms with Crippen molar-refractivity contribution in [1.29, 1.82) is 0 Å². The second-order valence-corrected chi connectivity index (χ2v) is 5.36. The first kappa shape index (κ1) is 11.4. The monoisotopic (exact) mass is 213 g/mol. The van der Waals surface area contributed by atoms with E-state index < -0.39 is 5.60 Å². The molecule has 1 saturated carbocycles. The van der Waals surface area contributed by atoms with Gasteiger partial charge in [-0.3, -0.25) is 0 Å². The molecule has 2 aliphatic rings. The first-order valence-corrected chi connectivity index (χ1v) is 6.17. The number of ether oxygens (including phenoxy) is 1. The summed E-state index contributed by atoms with van der Waals surface area (Å²) in [7, 11) is 2.12. The van der Waals surface area contributed by atoms with Crippen LogP contribution in [0.4, 0.5) is 0 Å². The highest BCUT2D eigenvalue weighted by Gasteiger charge is 2.32. The minimum absolute atomic E-state index is 0.395. The lowest BCUT2D eigenvalue weighted by molar-refractivity contribution is 0.0125. The first-order valence-electron chi connectivity index (χ1n) is 6.17. The zero-order valence-electron chi connectivity index (χ0n) is 9.74. The van der Waals surface area contributed by atoms with Crippen molar-refractivity contribution in [2.75, 3.05) is 33.4 Å². The summed E-state index contributed by atoms with van der Waals surface area (Å²) in [6.45, 7) is 3.73. The van der Waals surface area contributed by atoms with Gasteiger partial charge in [-0.2, -0.15) is 0 Å². The zero-order chi connectivity index (χ0) is 10.7. The van der Waals surface area contributed by atoms with Crippen LogP contribution in [0.15, 0.2) is 0 Å². The number of aliphatic hydroxyl groups is 1. The molecule has 1 aliphatic carbocycles. The van der Waals surface area contributed by atoms with Crippen LogP contribution in [0, 0.1) is 5.92 Å². The zero-order valence-corrected chi connectivity index (χ0v) is 9.74. The van der Waals surface area contributed by atoms with E-state index in [4.69, 9.17) is 4.74 Å². The van der Waals surface area contributed by atoms with Crippen molar-refractivity contribution in [2.45, 2.75) is 37.7 Å². The van der Waals surface area contributed by atoms with E-state index >= 15 is 0 Å². The van der Waals surface area contributed by atoms with Crippen LogP contribution >= 0.6 is 0 Å². The van der Waals surface area contributed by atoms with Gasteiger partial charge in [0.2, 0.25) is 0 Å². The number of hydrogen-bond acceptors (Lipinski definition) is 3. The minimum Gasteiger partial charge on any atom is -0.389 e. The van der Waals surface area contributed by atoms with Gasteiger partial charge in [0.15, 0.2) is 0 Å². The lowest BCUT2D eigenvalue weighted by atomic mass is 10.0. The average molecular weight is 213 g/mol. The summed E-state index contributed by atoms with van der Waals surface area (Å²) in [6.07, 6.45) is 5.54. The molecule has 1 N–H and O–H groups in total. The second-order valence-electron chi connectivity index (χ2n) is 5.36. The molecule has 0 amide bonds. The fourth-order valence-electron chi connectivity index (χ4n) is 2.93. The van der Waals surface area contributed by atoms with E-state index in [0.717, 1.165) is 39.1 Å². The third-order valence-corrected chi connectivity index (χ3v) is 3.69. The molecule has 1 atom stereocenters. The molecular weight excluding hydrogens is 190 g/mol. The quantitative estimate of drug-likeness (QED) is 0.763. The molecule has 1 heterocycles. The van der Waals surface area contributed by atoms with Crippen LogP contribution in [0.25, 0.3) is 0 Å². The molecule has 0 radical (unpaired) electrons. The molecule has 1 aliphatic heterocycles. The van der Waals surface area contributed by atoms with Crippen molar-refractivity contribution in [3.05, 3.63) is 0 Å². The number of likely N-dealkylation sites (N-methyl/N-ethyl adjacent to an activating group) is 1. The van der Waals surface area contributed by atoms with Gasteiger partial charge < -0.3 is 14.7 Å². The normalized spacial score (nSPS) is 30.2. The Bertz CT molecular complexity index is 196. The van der Waals surface area contributed by atoms with Crippen molar-refractivity contribution < 1.29 is 9.84 Å². The van der Waals surface area contributed by atoms with Gasteiger partial charge in [0.05, 0.1) is 12.2 Å². The highest BCUT2D eigenvalue weighted by atomic mass is 16.5. The van der Waals surface area contributed by atoms with Gasteiger partial charge in [0.25, 0.3) is 0 Å². The molecule has 2 rings (SSSR count). The van der Waals surface area contributed by atoms with E-state index in [1.54, 1.807) is 0 Å². The topological polar surface area (TPSA) is 32.7 Å². The largest absolute Gasteiger partial charge is 0.389 e. The van der Waals surface area contributed by atoms with Crippen molar-refractivity contribution in [1.82, 2.24) is 4.90 Å². The van der Waals surface area contributed by atoms with Crippen LogP contribution in [0.3, 0.4) is 0 Å². The summed E-state index contributed by atoms with van der Waals surface area (Å²) < 4.78 is 5.36. The Morgan fingerprint density at radius 1 is 1.40 bits per heavy atom. The molecule has 0 spiro atoms. The summed E-state index contributed by atoms with van der Waals surface area (Å²) in [6, 6.07) is 0. The maximum Gasteiger partial charge on any atom is 0.0774 e. The van der Waals surface area contributed by atoms with Crippen LogP contribution < -0.4 is 0 Å². The summed E-state index contributed by atoms with van der Waals surface area (Å²) in [5, 5.41) is 10.3. The Hall–Kier alpha value is -0.120. The average Bonchev–Trinajstić information content (AvgIpc) is 2.76. The van der Waals surface area contributed by atoms with Crippen molar-refractivity contribution in [3.63, 3.8) is 0 Å². The second kappa shape index (κ2) is 4.81. The Labute approximate surface area is 92.4 Å². The lowest BCUT2D eigenvalue weighted by Crippen LogP contribution is -2.41. The van der Waals surface area contributed by atoms with E-state index in [2.05, 4.69) is 11.9 Å². The Morgan fingerprint density at radius 3 is 2.73 bits per heavy atom. The van der Waals surface area contributed by atoms with Gasteiger partial charge >= 0.3 is 0 Å². The van der Waals surface area contributed by atoms with Crippen LogP contribution in [0.5, 0.6) is 0 Å². The lowest BCUT2D eigenvalue weighted by Gasteiger charge is -2.29. The molecule has 0 bridgehead atoms. The van der Waals surface area contributed by atoms with Gasteiger partial charge in [0, 0.05) is 19.7 Å². The van der Waals surface area contributed by atoms with E-state index in [1.807, 2.05) is 0 Å². The Morgan fingerprint density at radius 2 is 2.13 bits per heavy atom. The molecule has 0 aromatic carbocycles.